The normalized spacial score (nSPS) is 10.1. The molecule has 0 bridgehead atoms. The highest BCUT2D eigenvalue weighted by molar-refractivity contribution is 7.98. The van der Waals surface area contributed by atoms with E-state index in [1.54, 1.807) is 11.8 Å². The highest BCUT2D eigenvalue weighted by Gasteiger charge is 2.09. The first-order valence-corrected chi connectivity index (χ1v) is 6.27. The molecule has 0 radical (unpaired) electrons. The number of hydrogen-bond donors (Lipinski definition) is 0. The number of carbonyl (C=O) groups is 1. The monoisotopic (exact) mass is 228 g/mol. The minimum Gasteiger partial charge on any atom is -0.294 e. The summed E-state index contributed by atoms with van der Waals surface area (Å²) in [4.78, 5) is 12.8. The third-order valence-corrected chi connectivity index (χ3v) is 3.01. The van der Waals surface area contributed by atoms with Crippen molar-refractivity contribution in [3.63, 3.8) is 0 Å². The minimum atomic E-state index is 0.190. The third-order valence-electron chi connectivity index (χ3n) is 1.94. The van der Waals surface area contributed by atoms with E-state index in [1.165, 1.54) is 0 Å². The van der Waals surface area contributed by atoms with Crippen LogP contribution in [0.1, 0.15) is 23.2 Å². The topological polar surface area (TPSA) is 17.1 Å². The van der Waals surface area contributed by atoms with Gasteiger partial charge in [0.25, 0.3) is 0 Å². The van der Waals surface area contributed by atoms with Crippen molar-refractivity contribution in [2.24, 2.45) is 0 Å². The zero-order valence-corrected chi connectivity index (χ0v) is 9.70. The van der Waals surface area contributed by atoms with Crippen LogP contribution >= 0.6 is 23.4 Å². The first-order chi connectivity index (χ1) is 6.79. The van der Waals surface area contributed by atoms with Crippen molar-refractivity contribution in [1.82, 2.24) is 0 Å². The van der Waals surface area contributed by atoms with Gasteiger partial charge in [-0.15, -0.1) is 23.4 Å². The van der Waals surface area contributed by atoms with Gasteiger partial charge in [-0.3, -0.25) is 4.79 Å². The summed E-state index contributed by atoms with van der Waals surface area (Å²) < 4.78 is 0. The molecule has 0 fully saturated rings. The number of thioether (sulfide) groups is 1. The number of carbonyl (C=O) groups excluding carboxylic acids is 1. The molecule has 0 aliphatic heterocycles. The highest BCUT2D eigenvalue weighted by atomic mass is 35.5. The van der Waals surface area contributed by atoms with Gasteiger partial charge in [0.15, 0.2) is 5.78 Å². The van der Waals surface area contributed by atoms with Gasteiger partial charge in [0.05, 0.1) is 0 Å². The van der Waals surface area contributed by atoms with Gasteiger partial charge in [0.1, 0.15) is 0 Å². The summed E-state index contributed by atoms with van der Waals surface area (Å²) in [5.41, 5.74) is 0.824. The Balaban J connectivity index is 2.78. The second-order valence-electron chi connectivity index (χ2n) is 2.92. The van der Waals surface area contributed by atoms with Crippen LogP contribution in [0.25, 0.3) is 0 Å². The molecule has 0 heterocycles. The smallest absolute Gasteiger partial charge is 0.164 e. The lowest BCUT2D eigenvalue weighted by molar-refractivity contribution is 0.0979. The number of hydrogen-bond acceptors (Lipinski definition) is 2. The molecule has 1 aromatic rings. The van der Waals surface area contributed by atoms with Crippen molar-refractivity contribution in [1.29, 1.82) is 0 Å². The van der Waals surface area contributed by atoms with Gasteiger partial charge in [-0.05, 0) is 18.7 Å². The van der Waals surface area contributed by atoms with E-state index in [2.05, 4.69) is 0 Å². The average Bonchev–Trinajstić information content (AvgIpc) is 2.25. The summed E-state index contributed by atoms with van der Waals surface area (Å²) in [6.45, 7) is 0. The van der Waals surface area contributed by atoms with E-state index in [9.17, 15) is 4.79 Å². The molecular weight excluding hydrogens is 216 g/mol. The molecule has 0 unspecified atom stereocenters. The molecule has 0 saturated heterocycles. The summed E-state index contributed by atoms with van der Waals surface area (Å²) in [6.07, 6.45) is 3.28. The van der Waals surface area contributed by atoms with Crippen LogP contribution in [0.15, 0.2) is 29.2 Å². The Morgan fingerprint density at radius 1 is 1.43 bits per heavy atom. The first kappa shape index (κ1) is 11.6. The van der Waals surface area contributed by atoms with Crippen molar-refractivity contribution in [3.05, 3.63) is 29.8 Å². The minimum absolute atomic E-state index is 0.190. The van der Waals surface area contributed by atoms with E-state index in [-0.39, 0.29) is 5.78 Å². The molecule has 0 aliphatic rings. The van der Waals surface area contributed by atoms with Crippen LogP contribution in [0.5, 0.6) is 0 Å². The van der Waals surface area contributed by atoms with Crippen molar-refractivity contribution in [2.75, 3.05) is 12.1 Å². The summed E-state index contributed by atoms with van der Waals surface area (Å²) in [6, 6.07) is 7.69. The average molecular weight is 229 g/mol. The predicted octanol–water partition coefficient (Wildman–Crippen LogP) is 3.61. The van der Waals surface area contributed by atoms with Gasteiger partial charge in [-0.2, -0.15) is 0 Å². The Kier molecular flexibility index (Phi) is 5.05. The number of ketones is 1. The molecule has 0 aliphatic carbocycles. The van der Waals surface area contributed by atoms with E-state index >= 15 is 0 Å². The molecule has 0 N–H and O–H groups in total. The molecule has 3 heteroatoms. The van der Waals surface area contributed by atoms with E-state index in [0.717, 1.165) is 16.9 Å². The third kappa shape index (κ3) is 3.03. The van der Waals surface area contributed by atoms with Crippen LogP contribution in [0, 0.1) is 0 Å². The summed E-state index contributed by atoms with van der Waals surface area (Å²) in [5, 5.41) is 0. The van der Waals surface area contributed by atoms with Crippen molar-refractivity contribution < 1.29 is 4.79 Å². The fourth-order valence-corrected chi connectivity index (χ4v) is 1.99. The molecule has 76 valence electrons. The highest BCUT2D eigenvalue weighted by Crippen LogP contribution is 2.21. The van der Waals surface area contributed by atoms with Crippen molar-refractivity contribution >= 4 is 29.1 Å². The molecule has 0 spiro atoms. The van der Waals surface area contributed by atoms with Gasteiger partial charge in [0, 0.05) is 22.8 Å². The summed E-state index contributed by atoms with van der Waals surface area (Å²) in [7, 11) is 0. The van der Waals surface area contributed by atoms with E-state index in [0.29, 0.717) is 12.3 Å². The Morgan fingerprint density at radius 2 is 2.14 bits per heavy atom. The summed E-state index contributed by atoms with van der Waals surface area (Å²) in [5.74, 6) is 0.739. The number of alkyl halides is 1. The van der Waals surface area contributed by atoms with Crippen molar-refractivity contribution in [2.45, 2.75) is 17.7 Å². The molecular formula is C11H13ClOS. The standard InChI is InChI=1S/C11H13ClOS/c1-14-11-7-3-2-5-9(11)10(13)6-4-8-12/h2-3,5,7H,4,6,8H2,1H3. The molecule has 1 aromatic carbocycles. The Bertz CT molecular complexity index is 312. The Morgan fingerprint density at radius 3 is 2.79 bits per heavy atom. The lowest BCUT2D eigenvalue weighted by atomic mass is 10.1. The van der Waals surface area contributed by atoms with Gasteiger partial charge < -0.3 is 0 Å². The zero-order chi connectivity index (χ0) is 10.4. The molecule has 0 aromatic heterocycles. The Hall–Kier alpha value is -0.470. The second-order valence-corrected chi connectivity index (χ2v) is 4.14. The maximum absolute atomic E-state index is 11.7. The van der Waals surface area contributed by atoms with Crippen LogP contribution in [0.3, 0.4) is 0 Å². The van der Waals surface area contributed by atoms with E-state index in [4.69, 9.17) is 11.6 Å². The lowest BCUT2D eigenvalue weighted by Gasteiger charge is -2.04. The quantitative estimate of drug-likeness (QED) is 0.435. The maximum atomic E-state index is 11.7. The van der Waals surface area contributed by atoms with Crippen LogP contribution in [-0.2, 0) is 0 Å². The van der Waals surface area contributed by atoms with Crippen LogP contribution in [0.4, 0.5) is 0 Å². The number of Topliss-reactive ketones (excluding diaryl/α,β-unsaturated/α-hetero) is 1. The van der Waals surface area contributed by atoms with Crippen molar-refractivity contribution in [3.8, 4) is 0 Å². The second kappa shape index (κ2) is 6.10. The van der Waals surface area contributed by atoms with Crippen LogP contribution in [0.2, 0.25) is 0 Å². The lowest BCUT2D eigenvalue weighted by Crippen LogP contribution is -2.00. The van der Waals surface area contributed by atoms with Gasteiger partial charge in [-0.1, -0.05) is 18.2 Å². The van der Waals surface area contributed by atoms with Gasteiger partial charge in [0.2, 0.25) is 0 Å². The number of benzene rings is 1. The van der Waals surface area contributed by atoms with E-state index < -0.39 is 0 Å². The largest absolute Gasteiger partial charge is 0.294 e. The molecule has 0 saturated carbocycles. The SMILES string of the molecule is CSc1ccccc1C(=O)CCCCl. The fourth-order valence-electron chi connectivity index (χ4n) is 1.24. The predicted molar refractivity (Wildman–Crippen MR) is 62.5 cm³/mol. The fraction of sp³-hybridized carbons (Fsp3) is 0.364. The van der Waals surface area contributed by atoms with Crippen LogP contribution < -0.4 is 0 Å². The molecule has 1 nitrogen and oxygen atoms in total. The molecule has 0 amide bonds. The molecule has 0 atom stereocenters. The number of halogens is 1. The molecule has 1 rings (SSSR count). The summed E-state index contributed by atoms with van der Waals surface area (Å²) >= 11 is 7.15. The van der Waals surface area contributed by atoms with Crippen LogP contribution in [-0.4, -0.2) is 17.9 Å². The Labute approximate surface area is 93.8 Å². The number of rotatable bonds is 5. The maximum Gasteiger partial charge on any atom is 0.164 e. The van der Waals surface area contributed by atoms with E-state index in [1.807, 2.05) is 30.5 Å². The van der Waals surface area contributed by atoms with Gasteiger partial charge >= 0.3 is 0 Å². The zero-order valence-electron chi connectivity index (χ0n) is 8.13. The van der Waals surface area contributed by atoms with Gasteiger partial charge in [-0.25, -0.2) is 0 Å². The first-order valence-electron chi connectivity index (χ1n) is 4.51. The molecule has 14 heavy (non-hydrogen) atoms.